The summed E-state index contributed by atoms with van der Waals surface area (Å²) >= 11 is 2.99. The van der Waals surface area contributed by atoms with Crippen molar-refractivity contribution in [2.24, 2.45) is 0 Å². The summed E-state index contributed by atoms with van der Waals surface area (Å²) < 4.78 is 55.4. The van der Waals surface area contributed by atoms with Gasteiger partial charge in [-0.05, 0) is 39.3 Å². The molecule has 24 heavy (non-hydrogen) atoms. The molecule has 1 rings (SSSR count). The molecule has 136 valence electrons. The highest BCUT2D eigenvalue weighted by Crippen LogP contribution is 2.67. The molecule has 0 amide bonds. The molecular formula is C14H18BrF2O6P. The lowest BCUT2D eigenvalue weighted by Crippen LogP contribution is -2.21. The zero-order valence-corrected chi connectivity index (χ0v) is 16.0. The first-order chi connectivity index (χ1) is 11.0. The Morgan fingerprint density at radius 3 is 2.50 bits per heavy atom. The average molecular weight is 431 g/mol. The largest absolute Gasteiger partial charge is 0.541 e. The molecule has 0 spiro atoms. The summed E-state index contributed by atoms with van der Waals surface area (Å²) in [4.78, 5) is 15.4. The van der Waals surface area contributed by atoms with Crippen LogP contribution in [0.4, 0.5) is 13.6 Å². The molecule has 1 aromatic carbocycles. The van der Waals surface area contributed by atoms with E-state index in [2.05, 4.69) is 34.8 Å². The van der Waals surface area contributed by atoms with Gasteiger partial charge in [0.1, 0.15) is 0 Å². The van der Waals surface area contributed by atoms with Gasteiger partial charge in [0.2, 0.25) is 0 Å². The van der Waals surface area contributed by atoms with Crippen LogP contribution in [0.1, 0.15) is 31.9 Å². The molecule has 0 heterocycles. The third-order valence-corrected chi connectivity index (χ3v) is 5.08. The fourth-order valence-electron chi connectivity index (χ4n) is 1.62. The van der Waals surface area contributed by atoms with Gasteiger partial charge < -0.3 is 9.26 Å². The van der Waals surface area contributed by atoms with E-state index >= 15 is 0 Å². The van der Waals surface area contributed by atoms with E-state index in [-0.39, 0.29) is 11.1 Å². The Morgan fingerprint density at radius 2 is 2.00 bits per heavy atom. The van der Waals surface area contributed by atoms with Gasteiger partial charge in [0.25, 0.3) is 0 Å². The number of aryl methyl sites for hydroxylation is 1. The van der Waals surface area contributed by atoms with Crippen LogP contribution < -0.4 is 0 Å². The van der Waals surface area contributed by atoms with Gasteiger partial charge in [0, 0.05) is 10.0 Å². The third-order valence-electron chi connectivity index (χ3n) is 2.63. The number of hydrogen-bond donors (Lipinski definition) is 0. The van der Waals surface area contributed by atoms with E-state index in [0.29, 0.717) is 5.56 Å². The van der Waals surface area contributed by atoms with Crippen molar-refractivity contribution in [1.82, 2.24) is 0 Å². The summed E-state index contributed by atoms with van der Waals surface area (Å²) in [6.07, 6.45) is -1.97. The molecule has 1 aromatic rings. The summed E-state index contributed by atoms with van der Waals surface area (Å²) in [6, 6.07) is 3.92. The summed E-state index contributed by atoms with van der Waals surface area (Å²) in [5.41, 5.74) is -3.97. The van der Waals surface area contributed by atoms with Crippen molar-refractivity contribution in [2.45, 2.75) is 39.5 Å². The minimum Gasteiger partial charge on any atom is -0.430 e. The van der Waals surface area contributed by atoms with E-state index in [1.54, 1.807) is 6.92 Å². The molecule has 0 radical (unpaired) electrons. The van der Waals surface area contributed by atoms with E-state index in [0.717, 1.165) is 6.07 Å². The number of carbonyl (C=O) groups is 1. The smallest absolute Gasteiger partial charge is 0.430 e. The fourth-order valence-corrected chi connectivity index (χ4v) is 3.81. The molecule has 1 atom stereocenters. The molecule has 1 unspecified atom stereocenters. The Hall–Kier alpha value is -1.02. The van der Waals surface area contributed by atoms with Gasteiger partial charge in [0.15, 0.2) is 0 Å². The number of hydrogen-bond acceptors (Lipinski definition) is 6. The second-order valence-electron chi connectivity index (χ2n) is 5.01. The topological polar surface area (TPSA) is 71.1 Å². The zero-order valence-electron chi connectivity index (χ0n) is 13.5. The molecule has 0 saturated carbocycles. The number of alkyl halides is 2. The van der Waals surface area contributed by atoms with Gasteiger partial charge in [-0.3, -0.25) is 4.89 Å². The number of carbonyl (C=O) groups excluding carboxylic acids is 1. The quantitative estimate of drug-likeness (QED) is 0.245. The Labute approximate surface area is 147 Å². The van der Waals surface area contributed by atoms with Crippen molar-refractivity contribution in [3.8, 4) is 0 Å². The molecule has 0 N–H and O–H groups in total. The van der Waals surface area contributed by atoms with Crippen molar-refractivity contribution in [3.63, 3.8) is 0 Å². The molecule has 10 heteroatoms. The summed E-state index contributed by atoms with van der Waals surface area (Å²) in [5.74, 6) is 0. The first-order valence-corrected chi connectivity index (χ1v) is 9.33. The van der Waals surface area contributed by atoms with Crippen LogP contribution >= 0.6 is 23.5 Å². The van der Waals surface area contributed by atoms with Crippen LogP contribution in [0.25, 0.3) is 0 Å². The predicted molar refractivity (Wildman–Crippen MR) is 85.8 cm³/mol. The van der Waals surface area contributed by atoms with E-state index in [1.165, 1.54) is 32.9 Å². The molecular weight excluding hydrogens is 413 g/mol. The first kappa shape index (κ1) is 21.0. The Bertz CT molecular complexity index is 638. The second-order valence-corrected chi connectivity index (χ2v) is 7.83. The van der Waals surface area contributed by atoms with E-state index in [1.807, 2.05) is 0 Å². The normalized spacial score (nSPS) is 14.3. The van der Waals surface area contributed by atoms with Crippen molar-refractivity contribution < 1.29 is 37.0 Å². The number of benzene rings is 1. The van der Waals surface area contributed by atoms with Gasteiger partial charge in [-0.15, -0.1) is 0 Å². The van der Waals surface area contributed by atoms with Crippen LogP contribution in [0.15, 0.2) is 22.7 Å². The fraction of sp³-hybridized carbons (Fsp3) is 0.500. The van der Waals surface area contributed by atoms with Crippen molar-refractivity contribution >= 4 is 29.7 Å². The van der Waals surface area contributed by atoms with Crippen molar-refractivity contribution in [1.29, 1.82) is 0 Å². The number of halogens is 3. The van der Waals surface area contributed by atoms with E-state index < -0.39 is 31.1 Å². The Balaban J connectivity index is 3.11. The molecule has 0 aliphatic carbocycles. The van der Waals surface area contributed by atoms with Crippen molar-refractivity contribution in [2.75, 3.05) is 6.61 Å². The number of ether oxygens (including phenoxy) is 1. The van der Waals surface area contributed by atoms with E-state index in [9.17, 15) is 18.1 Å². The van der Waals surface area contributed by atoms with Gasteiger partial charge in [-0.25, -0.2) is 9.36 Å². The molecule has 0 aromatic heterocycles. The molecule has 0 fully saturated rings. The van der Waals surface area contributed by atoms with Gasteiger partial charge >= 0.3 is 19.4 Å². The highest BCUT2D eigenvalue weighted by molar-refractivity contribution is 9.10. The minimum atomic E-state index is -5.17. The van der Waals surface area contributed by atoms with Gasteiger partial charge in [-0.1, -0.05) is 32.7 Å². The summed E-state index contributed by atoms with van der Waals surface area (Å²) in [7, 11) is -5.17. The molecule has 0 aliphatic heterocycles. The highest BCUT2D eigenvalue weighted by atomic mass is 79.9. The minimum absolute atomic E-state index is 0.0146. The SMILES string of the molecule is CCOP(=O)(OOC(=O)OC(C)C)C(F)(F)c1ccc(C)cc1Br. The lowest BCUT2D eigenvalue weighted by Gasteiger charge is -2.25. The van der Waals surface area contributed by atoms with Crippen LogP contribution in [0.2, 0.25) is 0 Å². The molecule has 0 saturated heterocycles. The van der Waals surface area contributed by atoms with Gasteiger partial charge in [-0.2, -0.15) is 8.78 Å². The maximum atomic E-state index is 14.7. The summed E-state index contributed by atoms with van der Waals surface area (Å²) in [5, 5.41) is 0. The van der Waals surface area contributed by atoms with E-state index in [4.69, 9.17) is 0 Å². The standard InChI is InChI=1S/C14H18BrF2O6P/c1-5-20-24(19,23-22-13(18)21-9(2)3)14(16,17)11-7-6-10(4)8-12(11)15/h6-9H,5H2,1-4H3. The lowest BCUT2D eigenvalue weighted by molar-refractivity contribution is -0.191. The third kappa shape index (κ3) is 4.99. The van der Waals surface area contributed by atoms with Crippen LogP contribution in [-0.4, -0.2) is 18.9 Å². The van der Waals surface area contributed by atoms with Gasteiger partial charge in [0.05, 0.1) is 12.7 Å². The maximum absolute atomic E-state index is 14.7. The van der Waals surface area contributed by atoms with Crippen LogP contribution in [0.5, 0.6) is 0 Å². The zero-order chi connectivity index (χ0) is 18.5. The number of rotatable bonds is 7. The molecule has 6 nitrogen and oxygen atoms in total. The monoisotopic (exact) mass is 430 g/mol. The summed E-state index contributed by atoms with van der Waals surface area (Å²) in [6.45, 7) is 5.74. The molecule has 0 aliphatic rings. The lowest BCUT2D eigenvalue weighted by atomic mass is 10.1. The highest BCUT2D eigenvalue weighted by Gasteiger charge is 2.58. The van der Waals surface area contributed by atoms with Crippen LogP contribution in [0.3, 0.4) is 0 Å². The van der Waals surface area contributed by atoms with Crippen LogP contribution in [0, 0.1) is 6.92 Å². The second kappa shape index (κ2) is 8.38. The Kier molecular flexibility index (Phi) is 7.34. The van der Waals surface area contributed by atoms with Crippen molar-refractivity contribution in [3.05, 3.63) is 33.8 Å². The van der Waals surface area contributed by atoms with Crippen LogP contribution in [-0.2, 0) is 29.1 Å². The Morgan fingerprint density at radius 1 is 1.38 bits per heavy atom. The average Bonchev–Trinajstić information content (AvgIpc) is 2.44. The predicted octanol–water partition coefficient (Wildman–Crippen LogP) is 5.53. The molecule has 0 bridgehead atoms. The maximum Gasteiger partial charge on any atom is 0.541 e. The first-order valence-electron chi connectivity index (χ1n) is 6.99.